The largest absolute Gasteiger partial charge is 0.380 e. The molecule has 0 unspecified atom stereocenters. The van der Waals surface area contributed by atoms with E-state index >= 15 is 0 Å². The van der Waals surface area contributed by atoms with Crippen molar-refractivity contribution in [3.8, 4) is 0 Å². The second kappa shape index (κ2) is 7.34. The summed E-state index contributed by atoms with van der Waals surface area (Å²) in [4.78, 5) is 29.4. The van der Waals surface area contributed by atoms with Crippen LogP contribution in [0.3, 0.4) is 0 Å². The third-order valence-corrected chi connectivity index (χ3v) is 4.55. The van der Waals surface area contributed by atoms with E-state index in [1.807, 2.05) is 0 Å². The minimum absolute atomic E-state index is 0.143. The highest BCUT2D eigenvalue weighted by Gasteiger charge is 2.49. The molecule has 1 saturated carbocycles. The standard InChI is InChI=1S/C16H18FN5O3S/c1-22(13(23)16(25)5-6-16)9-12-19-15(26-21-12)20-14(24)18-8-10-3-2-4-11(17)7-10/h2-4,7,25H,5-6,8-9H2,1H3,(H2,18,19,20,21,24). The lowest BCUT2D eigenvalue weighted by atomic mass is 10.2. The number of hydrogen-bond acceptors (Lipinski definition) is 6. The summed E-state index contributed by atoms with van der Waals surface area (Å²) < 4.78 is 17.2. The van der Waals surface area contributed by atoms with E-state index in [9.17, 15) is 19.1 Å². The first-order chi connectivity index (χ1) is 12.4. The molecule has 8 nitrogen and oxygen atoms in total. The molecule has 2 aromatic rings. The molecule has 1 aromatic carbocycles. The summed E-state index contributed by atoms with van der Waals surface area (Å²) >= 11 is 0.985. The van der Waals surface area contributed by atoms with Gasteiger partial charge in [0, 0.05) is 25.1 Å². The minimum atomic E-state index is -1.23. The van der Waals surface area contributed by atoms with Crippen molar-refractivity contribution >= 4 is 28.6 Å². The Morgan fingerprint density at radius 2 is 2.19 bits per heavy atom. The van der Waals surface area contributed by atoms with Crippen LogP contribution >= 0.6 is 11.5 Å². The number of carbonyl (C=O) groups excluding carboxylic acids is 2. The average Bonchev–Trinajstić information content (AvgIpc) is 3.21. The Balaban J connectivity index is 1.48. The van der Waals surface area contributed by atoms with Crippen LogP contribution in [0.4, 0.5) is 14.3 Å². The molecule has 3 amide bonds. The highest BCUT2D eigenvalue weighted by atomic mass is 32.1. The number of urea groups is 1. The van der Waals surface area contributed by atoms with E-state index in [0.717, 1.165) is 11.5 Å². The molecule has 0 aliphatic heterocycles. The van der Waals surface area contributed by atoms with Crippen molar-refractivity contribution in [3.05, 3.63) is 41.5 Å². The first kappa shape index (κ1) is 18.2. The van der Waals surface area contributed by atoms with Gasteiger partial charge < -0.3 is 15.3 Å². The zero-order chi connectivity index (χ0) is 18.7. The summed E-state index contributed by atoms with van der Waals surface area (Å²) in [5.74, 6) is -0.349. The smallest absolute Gasteiger partial charge is 0.321 e. The normalized spacial score (nSPS) is 14.6. The molecular weight excluding hydrogens is 361 g/mol. The van der Waals surface area contributed by atoms with Crippen LogP contribution in [0.5, 0.6) is 0 Å². The number of hydrogen-bond donors (Lipinski definition) is 3. The molecule has 138 valence electrons. The number of rotatable bonds is 6. The van der Waals surface area contributed by atoms with Gasteiger partial charge in [-0.25, -0.2) is 14.2 Å². The first-order valence-electron chi connectivity index (χ1n) is 7.95. The third kappa shape index (κ3) is 4.52. The van der Waals surface area contributed by atoms with E-state index in [2.05, 4.69) is 20.0 Å². The Kier molecular flexibility index (Phi) is 5.14. The summed E-state index contributed by atoms with van der Waals surface area (Å²) in [5, 5.41) is 15.2. The lowest BCUT2D eigenvalue weighted by Crippen LogP contribution is -2.37. The van der Waals surface area contributed by atoms with Gasteiger partial charge in [-0.15, -0.1) is 0 Å². The number of anilines is 1. The van der Waals surface area contributed by atoms with Gasteiger partial charge in [-0.3, -0.25) is 10.1 Å². The van der Waals surface area contributed by atoms with Crippen LogP contribution in [-0.4, -0.2) is 44.0 Å². The first-order valence-corrected chi connectivity index (χ1v) is 8.73. The van der Waals surface area contributed by atoms with Crippen LogP contribution in [0, 0.1) is 5.82 Å². The Morgan fingerprint density at radius 3 is 2.88 bits per heavy atom. The Hall–Kier alpha value is -2.59. The number of likely N-dealkylation sites (N-methyl/N-ethyl adjacent to an activating group) is 1. The van der Waals surface area contributed by atoms with Crippen molar-refractivity contribution < 1.29 is 19.1 Å². The predicted molar refractivity (Wildman–Crippen MR) is 92.8 cm³/mol. The summed E-state index contributed by atoms with van der Waals surface area (Å²) in [6.45, 7) is 0.315. The van der Waals surface area contributed by atoms with Gasteiger partial charge in [0.2, 0.25) is 5.13 Å². The van der Waals surface area contributed by atoms with E-state index in [1.165, 1.54) is 17.0 Å². The van der Waals surface area contributed by atoms with E-state index in [1.54, 1.807) is 19.2 Å². The molecule has 1 aromatic heterocycles. The third-order valence-electron chi connectivity index (χ3n) is 3.88. The number of amides is 3. The monoisotopic (exact) mass is 379 g/mol. The average molecular weight is 379 g/mol. The van der Waals surface area contributed by atoms with E-state index in [0.29, 0.717) is 24.2 Å². The maximum absolute atomic E-state index is 13.1. The number of nitrogens with one attached hydrogen (secondary N) is 2. The highest BCUT2D eigenvalue weighted by molar-refractivity contribution is 7.09. The fourth-order valence-corrected chi connectivity index (χ4v) is 2.89. The van der Waals surface area contributed by atoms with Crippen molar-refractivity contribution in [2.75, 3.05) is 12.4 Å². The number of aliphatic hydroxyl groups is 1. The van der Waals surface area contributed by atoms with Crippen molar-refractivity contribution in [1.29, 1.82) is 0 Å². The van der Waals surface area contributed by atoms with Crippen molar-refractivity contribution in [3.63, 3.8) is 0 Å². The topological polar surface area (TPSA) is 107 Å². The SMILES string of the molecule is CN(Cc1nsc(NC(=O)NCc2cccc(F)c2)n1)C(=O)C1(O)CC1. The van der Waals surface area contributed by atoms with Crippen molar-refractivity contribution in [2.45, 2.75) is 31.5 Å². The fraction of sp³-hybridized carbons (Fsp3) is 0.375. The summed E-state index contributed by atoms with van der Waals surface area (Å²) in [6.07, 6.45) is 0.942. The van der Waals surface area contributed by atoms with Gasteiger partial charge in [0.05, 0.1) is 6.54 Å². The fourth-order valence-electron chi connectivity index (χ4n) is 2.31. The van der Waals surface area contributed by atoms with Gasteiger partial charge in [0.1, 0.15) is 11.4 Å². The second-order valence-electron chi connectivity index (χ2n) is 6.15. The number of benzene rings is 1. The molecule has 0 atom stereocenters. The molecular formula is C16H18FN5O3S. The molecule has 10 heteroatoms. The van der Waals surface area contributed by atoms with Crippen LogP contribution in [0.2, 0.25) is 0 Å². The molecule has 1 heterocycles. The molecule has 3 rings (SSSR count). The van der Waals surface area contributed by atoms with Gasteiger partial charge in [-0.05, 0) is 30.5 Å². The minimum Gasteiger partial charge on any atom is -0.380 e. The Bertz CT molecular complexity index is 824. The van der Waals surface area contributed by atoms with E-state index in [4.69, 9.17) is 0 Å². The molecule has 1 aliphatic rings. The van der Waals surface area contributed by atoms with E-state index in [-0.39, 0.29) is 29.9 Å². The molecule has 0 bridgehead atoms. The summed E-state index contributed by atoms with van der Waals surface area (Å²) in [5.41, 5.74) is -0.598. The van der Waals surface area contributed by atoms with Crippen LogP contribution < -0.4 is 10.6 Å². The number of halogens is 1. The number of carbonyl (C=O) groups is 2. The van der Waals surface area contributed by atoms with Crippen LogP contribution in [0.15, 0.2) is 24.3 Å². The molecule has 26 heavy (non-hydrogen) atoms. The lowest BCUT2D eigenvalue weighted by Gasteiger charge is -2.18. The van der Waals surface area contributed by atoms with Crippen LogP contribution in [0.25, 0.3) is 0 Å². The maximum Gasteiger partial charge on any atom is 0.321 e. The van der Waals surface area contributed by atoms with Gasteiger partial charge in [0.15, 0.2) is 5.82 Å². The van der Waals surface area contributed by atoms with Crippen molar-refractivity contribution in [2.24, 2.45) is 0 Å². The Morgan fingerprint density at radius 1 is 1.42 bits per heavy atom. The summed E-state index contributed by atoms with van der Waals surface area (Å²) in [6, 6.07) is 5.44. The van der Waals surface area contributed by atoms with Crippen LogP contribution in [0.1, 0.15) is 24.2 Å². The van der Waals surface area contributed by atoms with Gasteiger partial charge in [0.25, 0.3) is 5.91 Å². The van der Waals surface area contributed by atoms with Gasteiger partial charge >= 0.3 is 6.03 Å². The van der Waals surface area contributed by atoms with Gasteiger partial charge in [-0.2, -0.15) is 4.37 Å². The zero-order valence-corrected chi connectivity index (χ0v) is 14.8. The van der Waals surface area contributed by atoms with Crippen molar-refractivity contribution in [1.82, 2.24) is 19.6 Å². The molecule has 3 N–H and O–H groups in total. The number of aromatic nitrogens is 2. The molecule has 0 spiro atoms. The lowest BCUT2D eigenvalue weighted by molar-refractivity contribution is -0.141. The summed E-state index contributed by atoms with van der Waals surface area (Å²) in [7, 11) is 1.57. The highest BCUT2D eigenvalue weighted by Crippen LogP contribution is 2.36. The molecule has 1 fully saturated rings. The number of nitrogens with zero attached hydrogens (tertiary/aromatic N) is 3. The quantitative estimate of drug-likeness (QED) is 0.705. The van der Waals surface area contributed by atoms with Gasteiger partial charge in [-0.1, -0.05) is 12.1 Å². The molecule has 0 saturated heterocycles. The second-order valence-corrected chi connectivity index (χ2v) is 6.90. The van der Waals surface area contributed by atoms with E-state index < -0.39 is 11.6 Å². The van der Waals surface area contributed by atoms with Crippen LogP contribution in [-0.2, 0) is 17.9 Å². The molecule has 1 aliphatic carbocycles. The predicted octanol–water partition coefficient (Wildman–Crippen LogP) is 1.48. The molecule has 0 radical (unpaired) electrons. The zero-order valence-electron chi connectivity index (χ0n) is 14.0. The maximum atomic E-state index is 13.1. The Labute approximate surface area is 153 Å².